The Balaban J connectivity index is 1.28. The lowest BCUT2D eigenvalue weighted by atomic mass is 10.1. The summed E-state index contributed by atoms with van der Waals surface area (Å²) in [7, 11) is 3.31. The van der Waals surface area contributed by atoms with Gasteiger partial charge in [-0.3, -0.25) is 9.69 Å². The molecule has 0 aliphatic carbocycles. The van der Waals surface area contributed by atoms with Crippen molar-refractivity contribution in [1.29, 1.82) is 0 Å². The number of hydrogen-bond donors (Lipinski definition) is 5. The van der Waals surface area contributed by atoms with E-state index in [2.05, 4.69) is 45.9 Å². The van der Waals surface area contributed by atoms with Crippen molar-refractivity contribution < 1.29 is 27.4 Å². The number of carbonyl (C=O) groups excluding carboxylic acids is 1. The average molecular weight is 668 g/mol. The van der Waals surface area contributed by atoms with Crippen molar-refractivity contribution in [3.63, 3.8) is 0 Å². The van der Waals surface area contributed by atoms with Crippen LogP contribution >= 0.6 is 0 Å². The molecule has 254 valence electrons. The van der Waals surface area contributed by atoms with Crippen LogP contribution in [0.2, 0.25) is 0 Å². The lowest BCUT2D eigenvalue weighted by molar-refractivity contribution is -0.117. The predicted octanol–water partition coefficient (Wildman–Crippen LogP) is 3.91. The van der Waals surface area contributed by atoms with Gasteiger partial charge in [-0.2, -0.15) is 23.1 Å². The van der Waals surface area contributed by atoms with Crippen LogP contribution in [0.1, 0.15) is 18.9 Å². The van der Waals surface area contributed by atoms with Crippen molar-refractivity contribution in [2.45, 2.75) is 32.5 Å². The fourth-order valence-electron chi connectivity index (χ4n) is 5.13. The van der Waals surface area contributed by atoms with Gasteiger partial charge in [0, 0.05) is 61.4 Å². The number of aliphatic imine (C=N–C) groups is 1. The molecular formula is C31H36F3N11O3. The van der Waals surface area contributed by atoms with Gasteiger partial charge < -0.3 is 36.1 Å². The third-order valence-corrected chi connectivity index (χ3v) is 7.47. The Morgan fingerprint density at radius 3 is 2.81 bits per heavy atom. The van der Waals surface area contributed by atoms with Crippen LogP contribution in [0.5, 0.6) is 11.6 Å². The maximum absolute atomic E-state index is 13.3. The molecule has 0 spiro atoms. The number of methoxy groups -OCH3 is 1. The molecule has 1 aliphatic heterocycles. The van der Waals surface area contributed by atoms with Crippen LogP contribution < -0.4 is 31.2 Å². The average Bonchev–Trinajstić information content (AvgIpc) is 3.67. The molecule has 0 radical (unpaired) electrons. The third kappa shape index (κ3) is 8.47. The normalized spacial score (nSPS) is 15.9. The van der Waals surface area contributed by atoms with Crippen molar-refractivity contribution in [2.75, 3.05) is 51.0 Å². The molecule has 4 aromatic rings. The summed E-state index contributed by atoms with van der Waals surface area (Å²) < 4.78 is 49.1. The second-order valence-corrected chi connectivity index (χ2v) is 11.1. The Labute approximate surface area is 274 Å². The van der Waals surface area contributed by atoms with Crippen LogP contribution in [-0.2, 0) is 4.79 Å². The quantitative estimate of drug-likeness (QED) is 0.109. The zero-order valence-corrected chi connectivity index (χ0v) is 26.8. The largest absolute Gasteiger partial charge is 0.494 e. The standard InChI is InChI=1S/C31H36F3N11O3/c1-17-12-39-30(41-23(35)11-18(2)36-3)44-26(17)21-13-38-27-20(21)5-6-22(47-4)28(27)42-24(46)15-45-10-8-19(14-45)48-25-7-9-37-29(43-25)40-16-31(32,33)34/h5-7,9,11-13,19,36,38H,8,10,14-16H2,1-4H3,(H,42,46)(H,37,40,43)(H2,35,39,41,44)/b18-11-/t19-/m0/s1. The monoisotopic (exact) mass is 667 g/mol. The van der Waals surface area contributed by atoms with Crippen LogP contribution in [0.4, 0.5) is 30.8 Å². The van der Waals surface area contributed by atoms with E-state index in [9.17, 15) is 18.0 Å². The highest BCUT2D eigenvalue weighted by molar-refractivity contribution is 6.08. The van der Waals surface area contributed by atoms with Crippen LogP contribution in [0.25, 0.3) is 22.2 Å². The number of likely N-dealkylation sites (tertiary alicyclic amines) is 1. The first-order valence-corrected chi connectivity index (χ1v) is 15.0. The highest BCUT2D eigenvalue weighted by Gasteiger charge is 2.28. The first-order chi connectivity index (χ1) is 22.9. The molecular weight excluding hydrogens is 631 g/mol. The number of benzene rings is 1. The summed E-state index contributed by atoms with van der Waals surface area (Å²) in [6, 6.07) is 5.13. The first-order valence-electron chi connectivity index (χ1n) is 15.0. The molecule has 17 heteroatoms. The number of nitrogens with one attached hydrogen (secondary N) is 4. The minimum absolute atomic E-state index is 0.0738. The van der Waals surface area contributed by atoms with Gasteiger partial charge in [-0.1, -0.05) is 0 Å². The van der Waals surface area contributed by atoms with Gasteiger partial charge in [0.25, 0.3) is 5.95 Å². The van der Waals surface area contributed by atoms with E-state index in [0.717, 1.165) is 22.2 Å². The van der Waals surface area contributed by atoms with E-state index < -0.39 is 12.7 Å². The highest BCUT2D eigenvalue weighted by Crippen LogP contribution is 2.38. The number of hydrogen-bond acceptors (Lipinski definition) is 11. The van der Waals surface area contributed by atoms with Crippen molar-refractivity contribution in [3.05, 3.63) is 54.1 Å². The Hall–Kier alpha value is -5.45. The van der Waals surface area contributed by atoms with Gasteiger partial charge in [-0.25, -0.2) is 15.0 Å². The summed E-state index contributed by atoms with van der Waals surface area (Å²) in [5.74, 6) is 0.614. The number of rotatable bonds is 12. The molecule has 1 fully saturated rings. The molecule has 6 N–H and O–H groups in total. The van der Waals surface area contributed by atoms with Crippen molar-refractivity contribution >= 4 is 40.2 Å². The van der Waals surface area contributed by atoms with E-state index in [1.54, 1.807) is 31.6 Å². The highest BCUT2D eigenvalue weighted by atomic mass is 19.4. The van der Waals surface area contributed by atoms with Crippen LogP contribution in [0.15, 0.2) is 53.6 Å². The topological polar surface area (TPSA) is 181 Å². The Kier molecular flexibility index (Phi) is 10.3. The van der Waals surface area contributed by atoms with Gasteiger partial charge >= 0.3 is 6.18 Å². The van der Waals surface area contributed by atoms with Gasteiger partial charge in [0.15, 0.2) is 0 Å². The number of H-pyrrole nitrogens is 1. The summed E-state index contributed by atoms with van der Waals surface area (Å²) in [5, 5.41) is 8.91. The molecule has 0 unspecified atom stereocenters. The smallest absolute Gasteiger partial charge is 0.405 e. The molecule has 4 heterocycles. The van der Waals surface area contributed by atoms with Crippen LogP contribution in [0.3, 0.4) is 0 Å². The summed E-state index contributed by atoms with van der Waals surface area (Å²) in [4.78, 5) is 39.6. The first kappa shape index (κ1) is 33.9. The number of alkyl halides is 3. The van der Waals surface area contributed by atoms with Crippen molar-refractivity contribution in [3.8, 4) is 22.9 Å². The maximum Gasteiger partial charge on any atom is 0.405 e. The van der Waals surface area contributed by atoms with Gasteiger partial charge in [0.2, 0.25) is 17.7 Å². The van der Waals surface area contributed by atoms with Gasteiger partial charge in [0.05, 0.1) is 24.9 Å². The molecule has 1 saturated heterocycles. The number of aryl methyl sites for hydroxylation is 1. The Morgan fingerprint density at radius 2 is 2.06 bits per heavy atom. The number of amides is 1. The van der Waals surface area contributed by atoms with E-state index in [4.69, 9.17) is 15.2 Å². The summed E-state index contributed by atoms with van der Waals surface area (Å²) >= 11 is 0. The summed E-state index contributed by atoms with van der Waals surface area (Å²) in [6.07, 6.45) is 2.37. The maximum atomic E-state index is 13.3. The van der Waals surface area contributed by atoms with Crippen molar-refractivity contribution in [1.82, 2.24) is 35.1 Å². The van der Waals surface area contributed by atoms with Gasteiger partial charge in [-0.15, -0.1) is 0 Å². The van der Waals surface area contributed by atoms with E-state index in [1.807, 2.05) is 24.8 Å². The number of amidine groups is 1. The molecule has 0 bridgehead atoms. The number of aromatic amines is 1. The summed E-state index contributed by atoms with van der Waals surface area (Å²) in [5.41, 5.74) is 10.2. The number of allylic oxidation sites excluding steroid dienone is 1. The fourth-order valence-corrected chi connectivity index (χ4v) is 5.13. The van der Waals surface area contributed by atoms with E-state index >= 15 is 0 Å². The zero-order chi connectivity index (χ0) is 34.4. The van der Waals surface area contributed by atoms with E-state index in [0.29, 0.717) is 42.2 Å². The minimum Gasteiger partial charge on any atom is -0.494 e. The second kappa shape index (κ2) is 14.5. The lowest BCUT2D eigenvalue weighted by Crippen LogP contribution is -2.33. The molecule has 1 amide bonds. The molecule has 14 nitrogen and oxygen atoms in total. The molecule has 1 aromatic carbocycles. The number of aromatic nitrogens is 5. The minimum atomic E-state index is -4.40. The van der Waals surface area contributed by atoms with E-state index in [1.165, 1.54) is 19.4 Å². The third-order valence-electron chi connectivity index (χ3n) is 7.47. The summed E-state index contributed by atoms with van der Waals surface area (Å²) in [6.45, 7) is 3.56. The number of fused-ring (bicyclic) bond motifs is 1. The number of nitrogens with zero attached hydrogens (tertiary/aromatic N) is 6. The Bertz CT molecular complexity index is 1840. The van der Waals surface area contributed by atoms with Crippen LogP contribution in [0, 0.1) is 6.92 Å². The number of carbonyl (C=O) groups is 1. The zero-order valence-electron chi connectivity index (χ0n) is 26.8. The van der Waals surface area contributed by atoms with E-state index in [-0.39, 0.29) is 42.2 Å². The molecule has 0 saturated carbocycles. The molecule has 5 rings (SSSR count). The molecule has 48 heavy (non-hydrogen) atoms. The fraction of sp³-hybridized carbons (Fsp3) is 0.355. The SMILES string of the molecule is CN/C(C)=C\C(N)=N/c1ncc(C)c(-c2c[nH]c3c(NC(=O)CN4CC[C@H](Oc5ccnc(NCC(F)(F)F)n5)C4)c(OC)ccc23)n1. The van der Waals surface area contributed by atoms with Crippen molar-refractivity contribution in [2.24, 2.45) is 10.7 Å². The molecule has 3 aromatic heterocycles. The second-order valence-electron chi connectivity index (χ2n) is 11.1. The number of halogens is 3. The van der Waals surface area contributed by atoms with Gasteiger partial charge in [0.1, 0.15) is 29.9 Å². The lowest BCUT2D eigenvalue weighted by Gasteiger charge is -2.17. The number of anilines is 2. The molecule has 1 atom stereocenters. The molecule has 1 aliphatic rings. The Morgan fingerprint density at radius 1 is 1.25 bits per heavy atom. The van der Waals surface area contributed by atoms with Crippen LogP contribution in [-0.4, -0.2) is 94.2 Å². The number of nitrogens with two attached hydrogens (primary N) is 1. The number of ether oxygens (including phenoxy) is 2. The predicted molar refractivity (Wildman–Crippen MR) is 175 cm³/mol. The van der Waals surface area contributed by atoms with Gasteiger partial charge in [-0.05, 0) is 44.0 Å².